The number of hydrogen-bond donors (Lipinski definition) is 6. The second-order valence-corrected chi connectivity index (χ2v) is 24.3. The van der Waals surface area contributed by atoms with Gasteiger partial charge in [-0.25, -0.2) is 0 Å². The number of hydrogen-bond acceptors (Lipinski definition) is 15. The molecule has 6 N–H and O–H groups in total. The van der Waals surface area contributed by atoms with E-state index in [1.165, 1.54) is 0 Å². The van der Waals surface area contributed by atoms with Gasteiger partial charge in [0.1, 0.15) is 0 Å². The topological polar surface area (TPSA) is 336 Å². The predicted molar refractivity (Wildman–Crippen MR) is 242 cm³/mol. The van der Waals surface area contributed by atoms with Crippen molar-refractivity contribution in [2.45, 2.75) is 44.4 Å². The number of nitrogens with zero attached hydrogens (tertiary/aromatic N) is 3. The minimum absolute atomic E-state index is 0. The van der Waals surface area contributed by atoms with Crippen molar-refractivity contribution in [3.63, 3.8) is 0 Å². The average Bonchev–Trinajstić information content (AvgIpc) is 3.14. The van der Waals surface area contributed by atoms with Crippen LogP contribution in [-0.2, 0) is 60.7 Å². The van der Waals surface area contributed by atoms with Crippen LogP contribution in [0.1, 0.15) is 61.1 Å². The van der Waals surface area contributed by atoms with Crippen LogP contribution in [0.2, 0.25) is 0 Å². The summed E-state index contributed by atoms with van der Waals surface area (Å²) in [6.45, 7) is 0.560. The van der Waals surface area contributed by atoms with Crippen LogP contribution < -0.4 is 44.3 Å². The Bertz CT molecular complexity index is 2230. The Hall–Kier alpha value is -2.48. The first-order valence-corrected chi connectivity index (χ1v) is 29.3. The van der Waals surface area contributed by atoms with Gasteiger partial charge in [0, 0.05) is 56.6 Å². The molecular weight excluding hydrogens is 990 g/mol. The summed E-state index contributed by atoms with van der Waals surface area (Å²) in [6.07, 6.45) is -0.0533. The maximum Gasteiger partial charge on any atom is 1.00 e. The van der Waals surface area contributed by atoms with E-state index >= 15 is 0 Å². The first-order chi connectivity index (χ1) is 29.5. The van der Waals surface area contributed by atoms with Crippen molar-refractivity contribution < 1.29 is 107 Å². The van der Waals surface area contributed by atoms with E-state index in [1.807, 2.05) is 0 Å². The minimum Gasteiger partial charge on any atom is -0.423 e. The molecule has 0 aliphatic rings. The van der Waals surface area contributed by atoms with E-state index < -0.39 is 101 Å². The predicted octanol–water partition coefficient (Wildman–Crippen LogP) is -0.242. The zero-order valence-corrected chi connectivity index (χ0v) is 42.4. The molecule has 3 aromatic carbocycles. The second-order valence-electron chi connectivity index (χ2n) is 14.9. The third-order valence-corrected chi connectivity index (χ3v) is 14.5. The zero-order valence-electron chi connectivity index (χ0n) is 35.5. The summed E-state index contributed by atoms with van der Waals surface area (Å²) in [5, 5.41) is 0. The van der Waals surface area contributed by atoms with Gasteiger partial charge in [-0.1, -0.05) is 30.0 Å². The van der Waals surface area contributed by atoms with E-state index in [1.54, 1.807) is 81.4 Å². The molecule has 0 radical (unpaired) electrons. The molecule has 28 heteroatoms. The van der Waals surface area contributed by atoms with Crippen molar-refractivity contribution in [2.24, 2.45) is 0 Å². The Morgan fingerprint density at radius 2 is 0.600 bits per heavy atom. The number of rotatable bonds is 30. The smallest absolute Gasteiger partial charge is 0.423 e. The van der Waals surface area contributed by atoms with Crippen LogP contribution in [0.15, 0.2) is 66.7 Å². The van der Waals surface area contributed by atoms with Crippen LogP contribution in [-0.4, -0.2) is 152 Å². The van der Waals surface area contributed by atoms with Crippen LogP contribution >= 0.6 is 0 Å². The molecule has 0 aliphatic carbocycles. The molecule has 65 heavy (non-hydrogen) atoms. The molecule has 0 heterocycles. The second kappa shape index (κ2) is 25.8. The molecule has 0 fully saturated rings. The summed E-state index contributed by atoms with van der Waals surface area (Å²) >= 11 is 0. The molecule has 0 saturated carbocycles. The van der Waals surface area contributed by atoms with Crippen molar-refractivity contribution in [1.82, 2.24) is 0 Å². The van der Waals surface area contributed by atoms with Gasteiger partial charge in [-0.2, -0.15) is 74.3 Å². The van der Waals surface area contributed by atoms with Crippen molar-refractivity contribution in [1.29, 1.82) is 0 Å². The summed E-state index contributed by atoms with van der Waals surface area (Å²) in [5.74, 6) is -3.92. The molecule has 0 unspecified atom stereocenters. The fraction of sp³-hybridized carbons (Fsp3) is 0.514. The van der Waals surface area contributed by atoms with Crippen molar-refractivity contribution >= 4 is 77.8 Å². The van der Waals surface area contributed by atoms with Gasteiger partial charge in [-0.15, -0.1) is 6.07 Å². The van der Waals surface area contributed by atoms with Crippen LogP contribution in [0.5, 0.6) is 0 Å². The van der Waals surface area contributed by atoms with E-state index in [0.29, 0.717) is 33.8 Å². The van der Waals surface area contributed by atoms with Crippen LogP contribution in [0.3, 0.4) is 0 Å². The molecule has 362 valence electrons. The van der Waals surface area contributed by atoms with Crippen molar-refractivity contribution in [3.05, 3.63) is 89.5 Å². The third kappa shape index (κ3) is 24.9. The molecule has 0 aromatic heterocycles. The van der Waals surface area contributed by atoms with Crippen molar-refractivity contribution in [3.8, 4) is 0 Å². The fourth-order valence-corrected chi connectivity index (χ4v) is 9.81. The quantitative estimate of drug-likeness (QED) is 0.0217. The van der Waals surface area contributed by atoms with E-state index in [0.717, 1.165) is 0 Å². The van der Waals surface area contributed by atoms with E-state index in [-0.39, 0.29) is 107 Å². The average molecular weight is 1040 g/mol. The van der Waals surface area contributed by atoms with Gasteiger partial charge >= 0.3 is 29.6 Å². The first kappa shape index (κ1) is 58.6. The summed E-state index contributed by atoms with van der Waals surface area (Å²) in [7, 11) is -25.8. The fourth-order valence-electron chi connectivity index (χ4n) is 6.85. The van der Waals surface area contributed by atoms with Crippen LogP contribution in [0.4, 0.5) is 17.1 Å². The zero-order chi connectivity index (χ0) is 48.0. The molecule has 0 bridgehead atoms. The van der Waals surface area contributed by atoms with Gasteiger partial charge < -0.3 is 14.7 Å². The molecule has 0 saturated heterocycles. The Labute approximate surface area is 404 Å². The standard InChI is InChI=1S/C37H54N3O18S6.Na/c41-59(42,43)25-1-19-38(20-2-26-60(44,45)46)34-13-7-31(8-14-34)37(32-9-15-35(16-10-32)39(21-3-27-61(47,48)49)22-4-28-62(50,51)52)33-11-17-36(18-12-33)40(23-5-29-63(53,54)55)24-6-30-64(56,57)58;/h7-11,13-18,37H,1-6,19-30H2,(H,41,42,43)(H,44,45,46)(H,47,48,49)(H,50,51,52)(H,53,54,55)(H,56,57,58);/q-1;+1. The third-order valence-electron chi connectivity index (χ3n) is 9.66. The van der Waals surface area contributed by atoms with E-state index in [2.05, 4.69) is 6.07 Å². The molecule has 0 amide bonds. The SMILES string of the molecule is O=S(=O)(O)CCCN(CCCS(=O)(=O)O)c1c[c-]c(C(c2ccc(N(CCCS(=O)(=O)O)CCCS(=O)(=O)O)cc2)c2ccc(N(CCCS(=O)(=O)O)CCCS(=O)(=O)O)cc2)cc1.[Na+]. The minimum atomic E-state index is -4.30. The molecule has 0 spiro atoms. The molecular formula is C37H54N3NaO18S6. The monoisotopic (exact) mass is 1040 g/mol. The summed E-state index contributed by atoms with van der Waals surface area (Å²) in [4.78, 5) is 5.07. The maximum absolute atomic E-state index is 11.4. The molecule has 0 aliphatic heterocycles. The maximum atomic E-state index is 11.4. The molecule has 21 nitrogen and oxygen atoms in total. The summed E-state index contributed by atoms with van der Waals surface area (Å²) in [5.41, 5.74) is 3.59. The van der Waals surface area contributed by atoms with E-state index in [4.69, 9.17) is 0 Å². The summed E-state index contributed by atoms with van der Waals surface area (Å²) in [6, 6.07) is 22.2. The van der Waals surface area contributed by atoms with Gasteiger partial charge in [0.25, 0.3) is 60.7 Å². The Balaban J connectivity index is 0.0000145. The normalized spacial score (nSPS) is 12.8. The van der Waals surface area contributed by atoms with Crippen LogP contribution in [0, 0.1) is 6.07 Å². The number of anilines is 3. The Morgan fingerprint density at radius 3 is 0.815 bits per heavy atom. The van der Waals surface area contributed by atoms with Crippen LogP contribution in [0.25, 0.3) is 0 Å². The first-order valence-electron chi connectivity index (χ1n) is 19.6. The van der Waals surface area contributed by atoms with Gasteiger partial charge in [0.15, 0.2) is 0 Å². The Morgan fingerprint density at radius 1 is 0.369 bits per heavy atom. The van der Waals surface area contributed by atoms with Gasteiger partial charge in [-0.05, 0) is 73.9 Å². The number of benzene rings is 3. The van der Waals surface area contributed by atoms with Gasteiger partial charge in [0.2, 0.25) is 0 Å². The van der Waals surface area contributed by atoms with Gasteiger partial charge in [0.05, 0.1) is 34.5 Å². The van der Waals surface area contributed by atoms with E-state index in [9.17, 15) is 77.8 Å². The molecule has 0 atom stereocenters. The Kier molecular flexibility index (Phi) is 23.2. The van der Waals surface area contributed by atoms with Crippen molar-refractivity contribution in [2.75, 3.05) is 88.5 Å². The largest absolute Gasteiger partial charge is 1.00 e. The molecule has 3 rings (SSSR count). The molecule has 3 aromatic rings. The van der Waals surface area contributed by atoms with Gasteiger partial charge in [-0.3, -0.25) is 27.3 Å². The summed E-state index contributed by atoms with van der Waals surface area (Å²) < 4.78 is 193.